The fourth-order valence-electron chi connectivity index (χ4n) is 2.24. The minimum atomic E-state index is -0.268. The third kappa shape index (κ3) is 1.64. The van der Waals surface area contributed by atoms with E-state index in [1.54, 1.807) is 11.2 Å². The van der Waals surface area contributed by atoms with Gasteiger partial charge < -0.3 is 0 Å². The molecule has 2 N–H and O–H groups in total. The predicted octanol–water partition coefficient (Wildman–Crippen LogP) is 0.295. The maximum atomic E-state index is 12.3. The van der Waals surface area contributed by atoms with Gasteiger partial charge in [0, 0.05) is 11.7 Å². The van der Waals surface area contributed by atoms with Gasteiger partial charge >= 0.3 is 0 Å². The Morgan fingerprint density at radius 2 is 2.00 bits per heavy atom. The summed E-state index contributed by atoms with van der Waals surface area (Å²) in [6, 6.07) is 9.44. The van der Waals surface area contributed by atoms with E-state index in [2.05, 4.69) is 15.8 Å². The third-order valence-electron chi connectivity index (χ3n) is 3.21. The van der Waals surface area contributed by atoms with Gasteiger partial charge in [0.15, 0.2) is 0 Å². The van der Waals surface area contributed by atoms with Gasteiger partial charge in [-0.1, -0.05) is 18.2 Å². The molecule has 1 saturated heterocycles. The van der Waals surface area contributed by atoms with Crippen LogP contribution in [0.5, 0.6) is 0 Å². The number of hydrazine groups is 1. The lowest BCUT2D eigenvalue weighted by molar-refractivity contribution is -0.119. The zero-order valence-corrected chi connectivity index (χ0v) is 9.50. The monoisotopic (exact) mass is 230 g/mol. The SMILES string of the molecule is CC1NNC2C(=O)N(c3ccccc3)C=NC12. The maximum Gasteiger partial charge on any atom is 0.253 e. The van der Waals surface area contributed by atoms with Crippen molar-refractivity contribution in [3.8, 4) is 0 Å². The van der Waals surface area contributed by atoms with Crippen LogP contribution in [-0.2, 0) is 4.79 Å². The molecule has 88 valence electrons. The Hall–Kier alpha value is -1.72. The van der Waals surface area contributed by atoms with Gasteiger partial charge in [-0.15, -0.1) is 0 Å². The molecule has 2 aliphatic heterocycles. The second kappa shape index (κ2) is 3.94. The van der Waals surface area contributed by atoms with E-state index in [0.29, 0.717) is 0 Å². The minimum absolute atomic E-state index is 0.0116. The van der Waals surface area contributed by atoms with Gasteiger partial charge in [-0.3, -0.25) is 20.1 Å². The van der Waals surface area contributed by atoms with E-state index >= 15 is 0 Å². The van der Waals surface area contributed by atoms with E-state index in [4.69, 9.17) is 0 Å². The second-order valence-corrected chi connectivity index (χ2v) is 4.35. The highest BCUT2D eigenvalue weighted by atomic mass is 16.2. The minimum Gasteiger partial charge on any atom is -0.272 e. The smallest absolute Gasteiger partial charge is 0.253 e. The number of fused-ring (bicyclic) bond motifs is 1. The van der Waals surface area contributed by atoms with Gasteiger partial charge in [0.2, 0.25) is 0 Å². The van der Waals surface area contributed by atoms with Crippen molar-refractivity contribution in [2.24, 2.45) is 4.99 Å². The lowest BCUT2D eigenvalue weighted by Crippen LogP contribution is -2.52. The van der Waals surface area contributed by atoms with E-state index in [1.165, 1.54) is 0 Å². The summed E-state index contributed by atoms with van der Waals surface area (Å²) >= 11 is 0. The van der Waals surface area contributed by atoms with Crippen molar-refractivity contribution in [3.05, 3.63) is 30.3 Å². The van der Waals surface area contributed by atoms with Crippen molar-refractivity contribution in [3.63, 3.8) is 0 Å². The lowest BCUT2D eigenvalue weighted by Gasteiger charge is -2.28. The molecule has 0 radical (unpaired) electrons. The van der Waals surface area contributed by atoms with Crippen LogP contribution >= 0.6 is 0 Å². The summed E-state index contributed by atoms with van der Waals surface area (Å²) < 4.78 is 0. The first kappa shape index (κ1) is 10.4. The van der Waals surface area contributed by atoms with Gasteiger partial charge in [0.25, 0.3) is 5.91 Å². The summed E-state index contributed by atoms with van der Waals surface area (Å²) in [6.07, 6.45) is 1.63. The Kier molecular flexibility index (Phi) is 2.42. The number of hydrogen-bond acceptors (Lipinski definition) is 4. The maximum absolute atomic E-state index is 12.3. The average Bonchev–Trinajstić information content (AvgIpc) is 2.74. The molecule has 5 heteroatoms. The molecule has 3 atom stereocenters. The predicted molar refractivity (Wildman–Crippen MR) is 65.7 cm³/mol. The number of nitrogens with zero attached hydrogens (tertiary/aromatic N) is 2. The van der Waals surface area contributed by atoms with Gasteiger partial charge in [-0.05, 0) is 19.1 Å². The van der Waals surface area contributed by atoms with Crippen LogP contribution in [0.3, 0.4) is 0 Å². The molecular formula is C12H14N4O. The molecule has 2 heterocycles. The molecule has 2 aliphatic rings. The zero-order chi connectivity index (χ0) is 11.8. The number of para-hydroxylation sites is 1. The van der Waals surface area contributed by atoms with Crippen molar-refractivity contribution >= 4 is 17.9 Å². The Bertz CT molecular complexity index is 459. The van der Waals surface area contributed by atoms with Crippen molar-refractivity contribution in [1.82, 2.24) is 10.9 Å². The number of anilines is 1. The molecule has 1 aromatic rings. The van der Waals surface area contributed by atoms with Crippen LogP contribution in [0.4, 0.5) is 5.69 Å². The Balaban J connectivity index is 1.92. The number of hydrogen-bond donors (Lipinski definition) is 2. The van der Waals surface area contributed by atoms with Gasteiger partial charge in [0.1, 0.15) is 6.04 Å². The Labute approximate surface area is 99.5 Å². The quantitative estimate of drug-likeness (QED) is 0.729. The molecule has 1 amide bonds. The standard InChI is InChI=1S/C12H14N4O/c1-8-10-11(15-14-8)12(17)16(7-13-10)9-5-3-2-4-6-9/h2-8,10-11,14-15H,1H3. The first-order chi connectivity index (χ1) is 8.27. The highest BCUT2D eigenvalue weighted by Crippen LogP contribution is 2.21. The number of rotatable bonds is 1. The summed E-state index contributed by atoms with van der Waals surface area (Å²) in [6.45, 7) is 2.01. The van der Waals surface area contributed by atoms with Crippen molar-refractivity contribution in [1.29, 1.82) is 0 Å². The van der Waals surface area contributed by atoms with Crippen molar-refractivity contribution in [2.75, 3.05) is 4.90 Å². The number of aliphatic imine (C=N–C) groups is 1. The van der Waals surface area contributed by atoms with Crippen LogP contribution in [0.2, 0.25) is 0 Å². The number of carbonyl (C=O) groups excluding carboxylic acids is 1. The van der Waals surface area contributed by atoms with Crippen LogP contribution in [0.1, 0.15) is 6.92 Å². The molecule has 3 rings (SSSR count). The van der Waals surface area contributed by atoms with Crippen LogP contribution in [0, 0.1) is 0 Å². The lowest BCUT2D eigenvalue weighted by atomic mass is 10.0. The summed E-state index contributed by atoms with van der Waals surface area (Å²) in [7, 11) is 0. The highest BCUT2D eigenvalue weighted by Gasteiger charge is 2.42. The first-order valence-electron chi connectivity index (χ1n) is 5.70. The summed E-state index contributed by atoms with van der Waals surface area (Å²) in [5.41, 5.74) is 6.90. The fourth-order valence-corrected chi connectivity index (χ4v) is 2.24. The number of amides is 1. The van der Waals surface area contributed by atoms with E-state index in [9.17, 15) is 4.79 Å². The van der Waals surface area contributed by atoms with E-state index in [-0.39, 0.29) is 24.0 Å². The second-order valence-electron chi connectivity index (χ2n) is 4.35. The highest BCUT2D eigenvalue weighted by molar-refractivity contribution is 6.12. The van der Waals surface area contributed by atoms with Gasteiger partial charge in [0.05, 0.1) is 12.4 Å². The summed E-state index contributed by atoms with van der Waals surface area (Å²) in [5.74, 6) is 0.0352. The van der Waals surface area contributed by atoms with Gasteiger partial charge in [-0.25, -0.2) is 5.43 Å². The molecular weight excluding hydrogens is 216 g/mol. The topological polar surface area (TPSA) is 56.7 Å². The third-order valence-corrected chi connectivity index (χ3v) is 3.21. The number of benzene rings is 1. The molecule has 3 unspecified atom stereocenters. The summed E-state index contributed by atoms with van der Waals surface area (Å²) in [5, 5.41) is 0. The molecule has 0 bridgehead atoms. The number of nitrogens with one attached hydrogen (secondary N) is 2. The summed E-state index contributed by atoms with van der Waals surface area (Å²) in [4.78, 5) is 18.3. The fraction of sp³-hybridized carbons (Fsp3) is 0.333. The zero-order valence-electron chi connectivity index (χ0n) is 9.50. The molecule has 17 heavy (non-hydrogen) atoms. The normalized spacial score (nSPS) is 31.7. The van der Waals surface area contributed by atoms with Crippen molar-refractivity contribution < 1.29 is 4.79 Å². The molecule has 1 fully saturated rings. The van der Waals surface area contributed by atoms with E-state index < -0.39 is 0 Å². The van der Waals surface area contributed by atoms with E-state index in [0.717, 1.165) is 5.69 Å². The van der Waals surface area contributed by atoms with Crippen LogP contribution in [-0.4, -0.2) is 30.4 Å². The molecule has 0 spiro atoms. The van der Waals surface area contributed by atoms with Crippen molar-refractivity contribution in [2.45, 2.75) is 25.0 Å². The van der Waals surface area contributed by atoms with E-state index in [1.807, 2.05) is 37.3 Å². The van der Waals surface area contributed by atoms with Crippen LogP contribution in [0.15, 0.2) is 35.3 Å². The van der Waals surface area contributed by atoms with Gasteiger partial charge in [-0.2, -0.15) is 0 Å². The molecule has 0 aromatic heterocycles. The molecule has 0 aliphatic carbocycles. The molecule has 0 saturated carbocycles. The molecule has 5 nitrogen and oxygen atoms in total. The van der Waals surface area contributed by atoms with Crippen LogP contribution < -0.4 is 15.8 Å². The Morgan fingerprint density at radius 3 is 2.76 bits per heavy atom. The number of carbonyl (C=O) groups is 1. The largest absolute Gasteiger partial charge is 0.272 e. The average molecular weight is 230 g/mol. The first-order valence-corrected chi connectivity index (χ1v) is 5.70. The Morgan fingerprint density at radius 1 is 1.24 bits per heavy atom. The molecule has 1 aromatic carbocycles. The van der Waals surface area contributed by atoms with Crippen LogP contribution in [0.25, 0.3) is 0 Å².